The smallest absolute Gasteiger partial charge is 0.339 e. The number of esters is 1. The Balaban J connectivity index is 2.11. The fraction of sp³-hybridized carbons (Fsp3) is 0.636. The van der Waals surface area contributed by atoms with Gasteiger partial charge in [0.25, 0.3) is 5.91 Å². The standard InChI is InChI=1S/C22H34N2O5S/c1-14-11-12-17(30(27,28)24-22(4,5)6)13-18(14)21(26)29-16(3)20(25)23-19-10-8-7-9-15(19)2/h11-13,15-16,19,24H,7-10H2,1-6H3,(H,23,25). The molecule has 1 aromatic carbocycles. The van der Waals surface area contributed by atoms with Crippen LogP contribution in [-0.2, 0) is 19.6 Å². The van der Waals surface area contributed by atoms with E-state index < -0.39 is 27.6 Å². The molecule has 0 aromatic heterocycles. The van der Waals surface area contributed by atoms with Crippen molar-refractivity contribution < 1.29 is 22.7 Å². The molecular formula is C22H34N2O5S. The highest BCUT2D eigenvalue weighted by molar-refractivity contribution is 7.89. The minimum Gasteiger partial charge on any atom is -0.449 e. The molecule has 0 spiro atoms. The number of carbonyl (C=O) groups excluding carboxylic acids is 2. The maximum Gasteiger partial charge on any atom is 0.339 e. The van der Waals surface area contributed by atoms with Gasteiger partial charge in [-0.15, -0.1) is 0 Å². The number of hydrogen-bond donors (Lipinski definition) is 2. The number of sulfonamides is 1. The molecule has 8 heteroatoms. The average molecular weight is 439 g/mol. The predicted octanol–water partition coefficient (Wildman–Crippen LogP) is 3.31. The lowest BCUT2D eigenvalue weighted by Gasteiger charge is -2.30. The first-order chi connectivity index (χ1) is 13.8. The molecule has 1 saturated carbocycles. The van der Waals surface area contributed by atoms with E-state index in [1.54, 1.807) is 33.8 Å². The number of carbonyl (C=O) groups is 2. The van der Waals surface area contributed by atoms with E-state index in [1.807, 2.05) is 0 Å². The molecule has 2 rings (SSSR count). The number of amides is 1. The second-order valence-electron chi connectivity index (χ2n) is 9.26. The molecule has 1 fully saturated rings. The van der Waals surface area contributed by atoms with Gasteiger partial charge in [-0.2, -0.15) is 0 Å². The molecule has 0 radical (unpaired) electrons. The van der Waals surface area contributed by atoms with Gasteiger partial charge < -0.3 is 10.1 Å². The summed E-state index contributed by atoms with van der Waals surface area (Å²) in [5.74, 6) is -0.664. The molecular weight excluding hydrogens is 404 g/mol. The summed E-state index contributed by atoms with van der Waals surface area (Å²) in [5.41, 5.74) is 0.0356. The summed E-state index contributed by atoms with van der Waals surface area (Å²) in [6.07, 6.45) is 3.27. The molecule has 168 valence electrons. The molecule has 0 aliphatic heterocycles. The molecule has 1 aliphatic rings. The van der Waals surface area contributed by atoms with E-state index >= 15 is 0 Å². The second kappa shape index (κ2) is 9.47. The van der Waals surface area contributed by atoms with Crippen LogP contribution in [0.3, 0.4) is 0 Å². The molecule has 3 atom stereocenters. The van der Waals surface area contributed by atoms with Crippen molar-refractivity contribution in [3.63, 3.8) is 0 Å². The van der Waals surface area contributed by atoms with Crippen molar-refractivity contribution in [2.45, 2.75) is 89.8 Å². The van der Waals surface area contributed by atoms with Crippen molar-refractivity contribution >= 4 is 21.9 Å². The van der Waals surface area contributed by atoms with Crippen LogP contribution in [0.5, 0.6) is 0 Å². The summed E-state index contributed by atoms with van der Waals surface area (Å²) in [6, 6.07) is 4.38. The summed E-state index contributed by atoms with van der Waals surface area (Å²) >= 11 is 0. The van der Waals surface area contributed by atoms with E-state index in [0.29, 0.717) is 11.5 Å². The molecule has 0 saturated heterocycles. The first-order valence-corrected chi connectivity index (χ1v) is 11.9. The number of nitrogens with one attached hydrogen (secondary N) is 2. The third-order valence-electron chi connectivity index (χ3n) is 5.27. The molecule has 0 bridgehead atoms. The quantitative estimate of drug-likeness (QED) is 0.664. The minimum atomic E-state index is -3.80. The second-order valence-corrected chi connectivity index (χ2v) is 10.9. The van der Waals surface area contributed by atoms with E-state index in [2.05, 4.69) is 17.0 Å². The largest absolute Gasteiger partial charge is 0.449 e. The first-order valence-electron chi connectivity index (χ1n) is 10.5. The molecule has 1 aliphatic carbocycles. The maximum atomic E-state index is 12.7. The Morgan fingerprint density at radius 2 is 1.80 bits per heavy atom. The van der Waals surface area contributed by atoms with E-state index in [9.17, 15) is 18.0 Å². The van der Waals surface area contributed by atoms with Gasteiger partial charge in [0.05, 0.1) is 10.5 Å². The van der Waals surface area contributed by atoms with Crippen LogP contribution < -0.4 is 10.0 Å². The topological polar surface area (TPSA) is 102 Å². The Bertz CT molecular complexity index is 889. The minimum absolute atomic E-state index is 0.0249. The van der Waals surface area contributed by atoms with Gasteiger partial charge in [0.15, 0.2) is 6.10 Å². The van der Waals surface area contributed by atoms with Crippen LogP contribution in [-0.4, -0.2) is 38.0 Å². The normalized spacial score (nSPS) is 21.0. The highest BCUT2D eigenvalue weighted by Crippen LogP contribution is 2.24. The van der Waals surface area contributed by atoms with Gasteiger partial charge in [0.1, 0.15) is 0 Å². The summed E-state index contributed by atoms with van der Waals surface area (Å²) in [6.45, 7) is 10.5. The Morgan fingerprint density at radius 1 is 1.17 bits per heavy atom. The molecule has 0 heterocycles. The Hall–Kier alpha value is -1.93. The lowest BCUT2D eigenvalue weighted by Crippen LogP contribution is -2.46. The first kappa shape index (κ1) is 24.3. The predicted molar refractivity (Wildman–Crippen MR) is 116 cm³/mol. The summed E-state index contributed by atoms with van der Waals surface area (Å²) in [7, 11) is -3.80. The van der Waals surface area contributed by atoms with Crippen LogP contribution in [0, 0.1) is 12.8 Å². The monoisotopic (exact) mass is 438 g/mol. The number of hydrogen-bond acceptors (Lipinski definition) is 5. The summed E-state index contributed by atoms with van der Waals surface area (Å²) < 4.78 is 33.1. The van der Waals surface area contributed by atoms with Gasteiger partial charge in [0.2, 0.25) is 10.0 Å². The highest BCUT2D eigenvalue weighted by atomic mass is 32.2. The van der Waals surface area contributed by atoms with Crippen LogP contribution in [0.4, 0.5) is 0 Å². The molecule has 2 N–H and O–H groups in total. The van der Waals surface area contributed by atoms with Crippen molar-refractivity contribution in [1.29, 1.82) is 0 Å². The van der Waals surface area contributed by atoms with Crippen molar-refractivity contribution in [2.75, 3.05) is 0 Å². The van der Waals surface area contributed by atoms with Crippen LogP contribution in [0.1, 0.15) is 76.2 Å². The van der Waals surface area contributed by atoms with E-state index in [-0.39, 0.29) is 22.4 Å². The summed E-state index contributed by atoms with van der Waals surface area (Å²) in [5, 5.41) is 2.98. The van der Waals surface area contributed by atoms with Gasteiger partial charge in [-0.1, -0.05) is 25.8 Å². The van der Waals surface area contributed by atoms with Crippen LogP contribution in [0.25, 0.3) is 0 Å². The van der Waals surface area contributed by atoms with E-state index in [1.165, 1.54) is 25.5 Å². The highest BCUT2D eigenvalue weighted by Gasteiger charge is 2.28. The average Bonchev–Trinajstić information content (AvgIpc) is 2.61. The van der Waals surface area contributed by atoms with Gasteiger partial charge in [0, 0.05) is 11.6 Å². The van der Waals surface area contributed by atoms with Crippen molar-refractivity contribution in [1.82, 2.24) is 10.0 Å². The van der Waals surface area contributed by atoms with Crippen molar-refractivity contribution in [3.8, 4) is 0 Å². The van der Waals surface area contributed by atoms with Crippen LogP contribution in [0.2, 0.25) is 0 Å². The Labute approximate surface area is 180 Å². The zero-order valence-corrected chi connectivity index (χ0v) is 19.6. The fourth-order valence-corrected chi connectivity index (χ4v) is 5.00. The zero-order chi connectivity index (χ0) is 22.7. The molecule has 30 heavy (non-hydrogen) atoms. The lowest BCUT2D eigenvalue weighted by atomic mass is 9.86. The zero-order valence-electron chi connectivity index (χ0n) is 18.7. The third-order valence-corrected chi connectivity index (χ3v) is 7.03. The molecule has 1 aromatic rings. The lowest BCUT2D eigenvalue weighted by molar-refractivity contribution is -0.130. The number of rotatable bonds is 6. The van der Waals surface area contributed by atoms with Crippen LogP contribution in [0.15, 0.2) is 23.1 Å². The van der Waals surface area contributed by atoms with Crippen LogP contribution >= 0.6 is 0 Å². The van der Waals surface area contributed by atoms with Gasteiger partial charge in [-0.05, 0) is 71.1 Å². The number of ether oxygens (including phenoxy) is 1. The third kappa shape index (κ3) is 6.54. The van der Waals surface area contributed by atoms with E-state index in [4.69, 9.17) is 4.74 Å². The maximum absolute atomic E-state index is 12.7. The molecule has 7 nitrogen and oxygen atoms in total. The van der Waals surface area contributed by atoms with Gasteiger partial charge in [-0.3, -0.25) is 4.79 Å². The van der Waals surface area contributed by atoms with Gasteiger partial charge in [-0.25, -0.2) is 17.9 Å². The van der Waals surface area contributed by atoms with E-state index in [0.717, 1.165) is 19.3 Å². The molecule has 1 amide bonds. The number of benzene rings is 1. The van der Waals surface area contributed by atoms with Crippen molar-refractivity contribution in [2.24, 2.45) is 5.92 Å². The Kier molecular flexibility index (Phi) is 7.69. The number of aryl methyl sites for hydroxylation is 1. The van der Waals surface area contributed by atoms with Crippen molar-refractivity contribution in [3.05, 3.63) is 29.3 Å². The Morgan fingerprint density at radius 3 is 2.40 bits per heavy atom. The van der Waals surface area contributed by atoms with Gasteiger partial charge >= 0.3 is 5.97 Å². The fourth-order valence-electron chi connectivity index (χ4n) is 3.56. The molecule has 3 unspecified atom stereocenters. The summed E-state index contributed by atoms with van der Waals surface area (Å²) in [4.78, 5) is 25.2. The SMILES string of the molecule is Cc1ccc(S(=O)(=O)NC(C)(C)C)cc1C(=O)OC(C)C(=O)NC1CCCCC1C.